The summed E-state index contributed by atoms with van der Waals surface area (Å²) in [6.45, 7) is 1.95. The predicted octanol–water partition coefficient (Wildman–Crippen LogP) is 3.74. The van der Waals surface area contributed by atoms with E-state index in [1.165, 1.54) is 0 Å². The largest absolute Gasteiger partial charge is 0.294 e. The molecule has 0 aromatic heterocycles. The van der Waals surface area contributed by atoms with Crippen molar-refractivity contribution in [3.8, 4) is 12.3 Å². The summed E-state index contributed by atoms with van der Waals surface area (Å²) in [5.41, 5.74) is 1.81. The number of hydrogen-bond donors (Lipinski definition) is 0. The predicted molar refractivity (Wildman–Crippen MR) is 65.9 cm³/mol. The number of aryl methyl sites for hydroxylation is 1. The van der Waals surface area contributed by atoms with Gasteiger partial charge >= 0.3 is 0 Å². The minimum absolute atomic E-state index is 0.170. The third kappa shape index (κ3) is 3.53. The van der Waals surface area contributed by atoms with Crippen molar-refractivity contribution in [1.29, 1.82) is 0 Å². The Morgan fingerprint density at radius 1 is 1.53 bits per heavy atom. The molecule has 0 atom stereocenters. The molecule has 0 aliphatic heterocycles. The van der Waals surface area contributed by atoms with Gasteiger partial charge in [-0.05, 0) is 31.0 Å². The minimum atomic E-state index is 0.170. The number of carbonyl (C=O) groups excluding carboxylic acids is 1. The first-order valence-corrected chi connectivity index (χ1v) is 5.67. The highest BCUT2D eigenvalue weighted by Crippen LogP contribution is 2.18. The summed E-state index contributed by atoms with van der Waals surface area (Å²) in [4.78, 5) is 11.8. The van der Waals surface area contributed by atoms with E-state index in [0.29, 0.717) is 12.8 Å². The fourth-order valence-electron chi connectivity index (χ4n) is 1.38. The Morgan fingerprint density at radius 3 is 2.93 bits per heavy atom. The van der Waals surface area contributed by atoms with Gasteiger partial charge in [-0.3, -0.25) is 4.79 Å². The van der Waals surface area contributed by atoms with Crippen LogP contribution in [0.5, 0.6) is 0 Å². The van der Waals surface area contributed by atoms with Gasteiger partial charge in [-0.15, -0.1) is 12.3 Å². The van der Waals surface area contributed by atoms with Gasteiger partial charge in [-0.2, -0.15) is 0 Å². The lowest BCUT2D eigenvalue weighted by atomic mass is 10.0. The van der Waals surface area contributed by atoms with E-state index < -0.39 is 0 Å². The molecule has 0 saturated carbocycles. The van der Waals surface area contributed by atoms with Crippen LogP contribution in [0, 0.1) is 19.3 Å². The third-order valence-corrected chi connectivity index (χ3v) is 2.72. The van der Waals surface area contributed by atoms with Gasteiger partial charge in [0.25, 0.3) is 0 Å². The van der Waals surface area contributed by atoms with Crippen molar-refractivity contribution in [1.82, 2.24) is 0 Å². The van der Waals surface area contributed by atoms with E-state index in [2.05, 4.69) is 21.9 Å². The van der Waals surface area contributed by atoms with Crippen LogP contribution in [0.4, 0.5) is 0 Å². The molecular weight excluding hydrogens is 252 g/mol. The van der Waals surface area contributed by atoms with Crippen molar-refractivity contribution < 1.29 is 4.79 Å². The number of terminal acetylenes is 1. The summed E-state index contributed by atoms with van der Waals surface area (Å²) in [5.74, 6) is 2.71. The minimum Gasteiger partial charge on any atom is -0.294 e. The summed E-state index contributed by atoms with van der Waals surface area (Å²) in [7, 11) is 0. The first-order valence-electron chi connectivity index (χ1n) is 4.88. The molecule has 15 heavy (non-hydrogen) atoms. The number of Topliss-reactive ketones (excluding diaryl/α,β-unsaturated/α-hetero) is 1. The quantitative estimate of drug-likeness (QED) is 0.460. The Bertz CT molecular complexity index is 401. The Morgan fingerprint density at radius 2 is 2.27 bits per heavy atom. The standard InChI is InChI=1S/C13H13BrO/c1-3-4-5-6-13(15)12-9-11(14)8-7-10(12)2/h1,7-9H,4-6H2,2H3. The summed E-state index contributed by atoms with van der Waals surface area (Å²) < 4.78 is 0.938. The number of hydrogen-bond acceptors (Lipinski definition) is 1. The van der Waals surface area contributed by atoms with Gasteiger partial charge in [0.15, 0.2) is 5.78 Å². The molecule has 1 aromatic carbocycles. The molecule has 78 valence electrons. The second-order valence-corrected chi connectivity index (χ2v) is 4.36. The van der Waals surface area contributed by atoms with Crippen LogP contribution in [0.2, 0.25) is 0 Å². The van der Waals surface area contributed by atoms with Gasteiger partial charge < -0.3 is 0 Å². The maximum Gasteiger partial charge on any atom is 0.163 e. The molecule has 0 bridgehead atoms. The van der Waals surface area contributed by atoms with E-state index in [1.807, 2.05) is 25.1 Å². The zero-order valence-corrected chi connectivity index (χ0v) is 10.3. The molecule has 0 fully saturated rings. The average molecular weight is 265 g/mol. The Balaban J connectivity index is 2.73. The molecule has 0 heterocycles. The van der Waals surface area contributed by atoms with Crippen molar-refractivity contribution in [2.45, 2.75) is 26.2 Å². The van der Waals surface area contributed by atoms with Crippen LogP contribution in [0.15, 0.2) is 22.7 Å². The van der Waals surface area contributed by atoms with Crippen molar-refractivity contribution in [2.75, 3.05) is 0 Å². The normalized spacial score (nSPS) is 9.67. The van der Waals surface area contributed by atoms with E-state index in [-0.39, 0.29) is 5.78 Å². The van der Waals surface area contributed by atoms with Crippen LogP contribution < -0.4 is 0 Å². The van der Waals surface area contributed by atoms with Crippen LogP contribution in [-0.2, 0) is 0 Å². The summed E-state index contributed by atoms with van der Waals surface area (Å²) in [6.07, 6.45) is 7.10. The van der Waals surface area contributed by atoms with Crippen molar-refractivity contribution in [3.63, 3.8) is 0 Å². The van der Waals surface area contributed by atoms with Gasteiger partial charge in [0.1, 0.15) is 0 Å². The molecule has 2 heteroatoms. The van der Waals surface area contributed by atoms with Gasteiger partial charge in [0.2, 0.25) is 0 Å². The molecule has 0 N–H and O–H groups in total. The second-order valence-electron chi connectivity index (χ2n) is 3.44. The van der Waals surface area contributed by atoms with E-state index in [0.717, 1.165) is 22.0 Å². The molecule has 0 spiro atoms. The molecule has 0 radical (unpaired) electrons. The first-order chi connectivity index (χ1) is 7.15. The summed E-state index contributed by atoms with van der Waals surface area (Å²) >= 11 is 3.36. The highest BCUT2D eigenvalue weighted by molar-refractivity contribution is 9.10. The lowest BCUT2D eigenvalue weighted by Crippen LogP contribution is -2.01. The number of benzene rings is 1. The monoisotopic (exact) mass is 264 g/mol. The second kappa shape index (κ2) is 5.72. The molecule has 0 saturated heterocycles. The van der Waals surface area contributed by atoms with Crippen LogP contribution >= 0.6 is 15.9 Å². The van der Waals surface area contributed by atoms with Gasteiger partial charge in [-0.25, -0.2) is 0 Å². The Labute approximate surface area is 99.0 Å². The number of rotatable bonds is 4. The third-order valence-electron chi connectivity index (χ3n) is 2.22. The molecule has 0 unspecified atom stereocenters. The Kier molecular flexibility index (Phi) is 4.58. The average Bonchev–Trinajstić information content (AvgIpc) is 2.22. The van der Waals surface area contributed by atoms with Crippen LogP contribution in [0.1, 0.15) is 35.2 Å². The number of unbranched alkanes of at least 4 members (excludes halogenated alkanes) is 1. The van der Waals surface area contributed by atoms with Crippen molar-refractivity contribution >= 4 is 21.7 Å². The fourth-order valence-corrected chi connectivity index (χ4v) is 1.74. The van der Waals surface area contributed by atoms with Crippen molar-refractivity contribution in [2.24, 2.45) is 0 Å². The van der Waals surface area contributed by atoms with Crippen LogP contribution in [0.25, 0.3) is 0 Å². The lowest BCUT2D eigenvalue weighted by molar-refractivity contribution is 0.0980. The summed E-state index contributed by atoms with van der Waals surface area (Å²) in [5, 5.41) is 0. The lowest BCUT2D eigenvalue weighted by Gasteiger charge is -2.04. The van der Waals surface area contributed by atoms with E-state index in [9.17, 15) is 4.79 Å². The fraction of sp³-hybridized carbons (Fsp3) is 0.308. The molecule has 1 aromatic rings. The SMILES string of the molecule is C#CCCCC(=O)c1cc(Br)ccc1C. The molecular formula is C13H13BrO. The zero-order valence-electron chi connectivity index (χ0n) is 8.72. The van der Waals surface area contributed by atoms with E-state index in [4.69, 9.17) is 6.42 Å². The van der Waals surface area contributed by atoms with Gasteiger partial charge in [0.05, 0.1) is 0 Å². The zero-order chi connectivity index (χ0) is 11.3. The molecule has 1 nitrogen and oxygen atoms in total. The van der Waals surface area contributed by atoms with Gasteiger partial charge in [0, 0.05) is 22.9 Å². The van der Waals surface area contributed by atoms with Crippen LogP contribution in [-0.4, -0.2) is 5.78 Å². The molecule has 0 amide bonds. The number of ketones is 1. The molecule has 1 rings (SSSR count). The van der Waals surface area contributed by atoms with E-state index >= 15 is 0 Å². The highest BCUT2D eigenvalue weighted by Gasteiger charge is 2.08. The maximum absolute atomic E-state index is 11.8. The number of halogens is 1. The van der Waals surface area contributed by atoms with Gasteiger partial charge in [-0.1, -0.05) is 22.0 Å². The first kappa shape index (κ1) is 12.0. The Hall–Kier alpha value is -1.07. The smallest absolute Gasteiger partial charge is 0.163 e. The topological polar surface area (TPSA) is 17.1 Å². The van der Waals surface area contributed by atoms with Crippen LogP contribution in [0.3, 0.4) is 0 Å². The number of carbonyl (C=O) groups is 1. The molecule has 0 aliphatic rings. The molecule has 0 aliphatic carbocycles. The van der Waals surface area contributed by atoms with E-state index in [1.54, 1.807) is 0 Å². The maximum atomic E-state index is 11.8. The highest BCUT2D eigenvalue weighted by atomic mass is 79.9. The van der Waals surface area contributed by atoms with Crippen molar-refractivity contribution in [3.05, 3.63) is 33.8 Å². The summed E-state index contributed by atoms with van der Waals surface area (Å²) in [6, 6.07) is 5.75.